The number of nitrogens with zero attached hydrogens (tertiary/aromatic N) is 4. The maximum atomic E-state index is 12.6. The van der Waals surface area contributed by atoms with Crippen molar-refractivity contribution in [2.45, 2.75) is 6.18 Å². The van der Waals surface area contributed by atoms with Crippen molar-refractivity contribution < 1.29 is 17.4 Å². The Labute approximate surface area is 165 Å². The molecule has 0 spiro atoms. The van der Waals surface area contributed by atoms with Crippen LogP contribution in [-0.4, -0.2) is 43.8 Å². The smallest absolute Gasteiger partial charge is 0.370 e. The molecule has 4 rings (SSSR count). The van der Waals surface area contributed by atoms with Crippen LogP contribution >= 0.6 is 11.3 Å². The number of thiazole rings is 1. The highest BCUT2D eigenvalue weighted by Crippen LogP contribution is 2.33. The van der Waals surface area contributed by atoms with E-state index in [0.717, 1.165) is 41.6 Å². The first-order valence-electron chi connectivity index (χ1n) is 8.46. The van der Waals surface area contributed by atoms with Crippen molar-refractivity contribution in [2.75, 3.05) is 29.5 Å². The Hall–Kier alpha value is -2.33. The summed E-state index contributed by atoms with van der Waals surface area (Å²) in [4.78, 5) is 14.2. The van der Waals surface area contributed by atoms with E-state index in [1.54, 1.807) is 6.20 Å². The number of halogens is 3. The van der Waals surface area contributed by atoms with E-state index in [1.807, 2.05) is 24.3 Å². The molecule has 1 aliphatic heterocycles. The molecule has 0 bridgehead atoms. The second kappa shape index (κ2) is 7.59. The third-order valence-electron chi connectivity index (χ3n) is 4.35. The minimum absolute atomic E-state index is 0.446. The van der Waals surface area contributed by atoms with Crippen LogP contribution in [0, 0.1) is 0 Å². The lowest BCUT2D eigenvalue weighted by Crippen LogP contribution is -2.37. The molecule has 146 valence electrons. The van der Waals surface area contributed by atoms with Gasteiger partial charge in [-0.2, -0.15) is 13.2 Å². The monoisotopic (exact) mass is 424 g/mol. The summed E-state index contributed by atoms with van der Waals surface area (Å²) in [5, 5.41) is 0.561. The Morgan fingerprint density at radius 2 is 1.57 bits per heavy atom. The number of alkyl halides is 3. The Morgan fingerprint density at radius 3 is 2.18 bits per heavy atom. The van der Waals surface area contributed by atoms with Gasteiger partial charge in [0.2, 0.25) is 5.82 Å². The molecule has 10 heteroatoms. The number of rotatable bonds is 3. The average molecular weight is 424 g/mol. The molecule has 0 unspecified atom stereocenters. The van der Waals surface area contributed by atoms with Crippen molar-refractivity contribution in [2.24, 2.45) is 0 Å². The average Bonchev–Trinajstić information content (AvgIpc) is 3.18. The van der Waals surface area contributed by atoms with Crippen LogP contribution in [0.2, 0.25) is 0 Å². The maximum absolute atomic E-state index is 12.6. The molecule has 0 aliphatic carbocycles. The van der Waals surface area contributed by atoms with Crippen molar-refractivity contribution in [3.63, 3.8) is 0 Å². The predicted molar refractivity (Wildman–Crippen MR) is 104 cm³/mol. The third-order valence-corrected chi connectivity index (χ3v) is 6.72. The van der Waals surface area contributed by atoms with E-state index in [-0.39, 0.29) is 0 Å². The Morgan fingerprint density at radius 1 is 0.929 bits per heavy atom. The molecule has 0 atom stereocenters. The van der Waals surface area contributed by atoms with E-state index in [2.05, 4.69) is 19.9 Å². The number of benzene rings is 1. The van der Waals surface area contributed by atoms with E-state index in [9.17, 15) is 17.4 Å². The minimum atomic E-state index is -4.56. The molecule has 28 heavy (non-hydrogen) atoms. The molecule has 0 amide bonds. The lowest BCUT2D eigenvalue weighted by molar-refractivity contribution is -0.144. The van der Waals surface area contributed by atoms with Crippen LogP contribution in [0.5, 0.6) is 0 Å². The van der Waals surface area contributed by atoms with Crippen molar-refractivity contribution >= 4 is 27.8 Å². The van der Waals surface area contributed by atoms with Crippen LogP contribution in [0.25, 0.3) is 21.0 Å². The van der Waals surface area contributed by atoms with Crippen LogP contribution in [0.4, 0.5) is 18.9 Å². The zero-order chi connectivity index (χ0) is 19.7. The molecule has 0 N–H and O–H groups in total. The third kappa shape index (κ3) is 4.07. The standard InChI is InChI=1S/C18H15F3N4OS2/c19-18(20,21)17-23-9-13(10-24-17)16-22-11-15(27-16)12-1-3-14(4-2-12)25-5-7-28(26)8-6-25/h1-4,9-11H,5-8H2. The highest BCUT2D eigenvalue weighted by molar-refractivity contribution is 7.85. The van der Waals surface area contributed by atoms with Gasteiger partial charge in [-0.3, -0.25) is 4.21 Å². The molecule has 1 saturated heterocycles. The summed E-state index contributed by atoms with van der Waals surface area (Å²) in [6.07, 6.45) is -0.585. The molecule has 3 heterocycles. The van der Waals surface area contributed by atoms with Gasteiger partial charge in [0, 0.05) is 65.2 Å². The number of anilines is 1. The number of aromatic nitrogens is 3. The molecule has 5 nitrogen and oxygen atoms in total. The highest BCUT2D eigenvalue weighted by atomic mass is 32.2. The van der Waals surface area contributed by atoms with Gasteiger partial charge in [0.15, 0.2) is 0 Å². The fourth-order valence-electron chi connectivity index (χ4n) is 2.86. The predicted octanol–water partition coefficient (Wildman–Crippen LogP) is 3.85. The first-order valence-corrected chi connectivity index (χ1v) is 10.8. The summed E-state index contributed by atoms with van der Waals surface area (Å²) >= 11 is 1.37. The molecule has 3 aromatic rings. The zero-order valence-electron chi connectivity index (χ0n) is 14.5. The van der Waals surface area contributed by atoms with Gasteiger partial charge in [0.25, 0.3) is 0 Å². The largest absolute Gasteiger partial charge is 0.451 e. The fourth-order valence-corrected chi connectivity index (χ4v) is 4.81. The molecule has 1 aliphatic rings. The van der Waals surface area contributed by atoms with Gasteiger partial charge < -0.3 is 4.90 Å². The van der Waals surface area contributed by atoms with Crippen molar-refractivity contribution in [3.8, 4) is 21.0 Å². The van der Waals surface area contributed by atoms with E-state index < -0.39 is 22.8 Å². The summed E-state index contributed by atoms with van der Waals surface area (Å²) in [5.74, 6) is 0.217. The van der Waals surface area contributed by atoms with Crippen LogP contribution in [0.1, 0.15) is 5.82 Å². The zero-order valence-corrected chi connectivity index (χ0v) is 16.2. The SMILES string of the molecule is O=S1CCN(c2ccc(-c3cnc(-c4cnc(C(F)(F)F)nc4)s3)cc2)CC1. The van der Waals surface area contributed by atoms with Crippen LogP contribution < -0.4 is 4.90 Å². The molecule has 1 fully saturated rings. The van der Waals surface area contributed by atoms with E-state index in [1.165, 1.54) is 11.3 Å². The van der Waals surface area contributed by atoms with E-state index in [0.29, 0.717) is 22.1 Å². The van der Waals surface area contributed by atoms with Gasteiger partial charge in [0.1, 0.15) is 5.01 Å². The van der Waals surface area contributed by atoms with E-state index >= 15 is 0 Å². The summed E-state index contributed by atoms with van der Waals surface area (Å²) in [7, 11) is -0.712. The van der Waals surface area contributed by atoms with Crippen LogP contribution in [0.3, 0.4) is 0 Å². The molecule has 0 saturated carbocycles. The van der Waals surface area contributed by atoms with Gasteiger partial charge in [0.05, 0.1) is 4.88 Å². The topological polar surface area (TPSA) is 59.0 Å². The first kappa shape index (κ1) is 19.0. The number of hydrogen-bond donors (Lipinski definition) is 0. The molecule has 0 radical (unpaired) electrons. The van der Waals surface area contributed by atoms with Crippen molar-refractivity contribution in [1.82, 2.24) is 15.0 Å². The highest BCUT2D eigenvalue weighted by Gasteiger charge is 2.34. The first-order chi connectivity index (χ1) is 13.4. The normalized spacial score (nSPS) is 15.8. The summed E-state index contributed by atoms with van der Waals surface area (Å²) in [6.45, 7) is 1.56. The quantitative estimate of drug-likeness (QED) is 0.639. The molecular weight excluding hydrogens is 409 g/mol. The van der Waals surface area contributed by atoms with Gasteiger partial charge in [-0.05, 0) is 17.7 Å². The minimum Gasteiger partial charge on any atom is -0.370 e. The second-order valence-corrected chi connectivity index (χ2v) is 8.93. The van der Waals surface area contributed by atoms with Gasteiger partial charge in [-0.15, -0.1) is 11.3 Å². The summed E-state index contributed by atoms with van der Waals surface area (Å²) in [5.41, 5.74) is 2.50. The second-order valence-electron chi connectivity index (χ2n) is 6.20. The Balaban J connectivity index is 1.50. The van der Waals surface area contributed by atoms with Gasteiger partial charge >= 0.3 is 6.18 Å². The summed E-state index contributed by atoms with van der Waals surface area (Å²) < 4.78 is 49.2. The Bertz CT molecular complexity index is 977. The lowest BCUT2D eigenvalue weighted by Gasteiger charge is -2.28. The summed E-state index contributed by atoms with van der Waals surface area (Å²) in [6, 6.07) is 8.01. The van der Waals surface area contributed by atoms with Crippen LogP contribution in [0.15, 0.2) is 42.9 Å². The van der Waals surface area contributed by atoms with Crippen LogP contribution in [-0.2, 0) is 17.0 Å². The molecule has 2 aromatic heterocycles. The molecule has 1 aromatic carbocycles. The lowest BCUT2D eigenvalue weighted by atomic mass is 10.2. The van der Waals surface area contributed by atoms with Gasteiger partial charge in [-0.1, -0.05) is 12.1 Å². The maximum Gasteiger partial charge on any atom is 0.451 e. The van der Waals surface area contributed by atoms with Crippen molar-refractivity contribution in [1.29, 1.82) is 0 Å². The number of hydrogen-bond acceptors (Lipinski definition) is 6. The Kier molecular flexibility index (Phi) is 5.15. The van der Waals surface area contributed by atoms with Gasteiger partial charge in [-0.25, -0.2) is 15.0 Å². The molecular formula is C18H15F3N4OS2. The van der Waals surface area contributed by atoms with E-state index in [4.69, 9.17) is 0 Å². The fraction of sp³-hybridized carbons (Fsp3) is 0.278. The van der Waals surface area contributed by atoms with Crippen molar-refractivity contribution in [3.05, 3.63) is 48.7 Å².